The summed E-state index contributed by atoms with van der Waals surface area (Å²) in [7, 11) is 2.07. The maximum Gasteiger partial charge on any atom is 0.253 e. The van der Waals surface area contributed by atoms with Crippen molar-refractivity contribution in [3.05, 3.63) is 70.8 Å². The van der Waals surface area contributed by atoms with Crippen molar-refractivity contribution in [2.75, 3.05) is 33.2 Å². The number of amides is 2. The van der Waals surface area contributed by atoms with Crippen molar-refractivity contribution in [3.63, 3.8) is 0 Å². The van der Waals surface area contributed by atoms with Gasteiger partial charge >= 0.3 is 0 Å². The quantitative estimate of drug-likeness (QED) is 0.867. The van der Waals surface area contributed by atoms with Crippen LogP contribution in [0.5, 0.6) is 0 Å². The van der Waals surface area contributed by atoms with Gasteiger partial charge in [0.1, 0.15) is 0 Å². The largest absolute Gasteiger partial charge is 0.348 e. The van der Waals surface area contributed by atoms with Gasteiger partial charge in [0.25, 0.3) is 11.8 Å². The fourth-order valence-electron chi connectivity index (χ4n) is 3.36. The van der Waals surface area contributed by atoms with Crippen LogP contribution in [0.1, 0.15) is 52.6 Å². The van der Waals surface area contributed by atoms with Crippen molar-refractivity contribution < 1.29 is 9.59 Å². The first-order valence-electron chi connectivity index (χ1n) is 10.2. The predicted molar refractivity (Wildman–Crippen MR) is 116 cm³/mol. The molecule has 2 amide bonds. The fraction of sp³-hybridized carbons (Fsp3) is 0.417. The molecule has 1 fully saturated rings. The molecule has 5 heteroatoms. The zero-order valence-corrected chi connectivity index (χ0v) is 17.9. The first-order valence-corrected chi connectivity index (χ1v) is 10.2. The van der Waals surface area contributed by atoms with Gasteiger partial charge < -0.3 is 15.1 Å². The molecule has 5 nitrogen and oxygen atoms in total. The van der Waals surface area contributed by atoms with Crippen LogP contribution in [0, 0.1) is 0 Å². The van der Waals surface area contributed by atoms with E-state index in [1.54, 1.807) is 0 Å². The Hall–Kier alpha value is -2.66. The Morgan fingerprint density at radius 1 is 0.862 bits per heavy atom. The van der Waals surface area contributed by atoms with E-state index in [1.807, 2.05) is 53.4 Å². The van der Waals surface area contributed by atoms with E-state index in [2.05, 4.69) is 38.0 Å². The second-order valence-corrected chi connectivity index (χ2v) is 8.80. The number of rotatable bonds is 4. The Morgan fingerprint density at radius 2 is 1.41 bits per heavy atom. The summed E-state index contributed by atoms with van der Waals surface area (Å²) < 4.78 is 0. The summed E-state index contributed by atoms with van der Waals surface area (Å²) in [6.45, 7) is 10.2. The highest BCUT2D eigenvalue weighted by Gasteiger charge is 2.20. The first kappa shape index (κ1) is 21.1. The first-order chi connectivity index (χ1) is 13.7. The maximum atomic E-state index is 12.6. The lowest BCUT2D eigenvalue weighted by molar-refractivity contribution is 0.0664. The fourth-order valence-corrected chi connectivity index (χ4v) is 3.36. The van der Waals surface area contributed by atoms with Crippen LogP contribution in [0.15, 0.2) is 48.5 Å². The number of hydrogen-bond acceptors (Lipinski definition) is 3. The van der Waals surface area contributed by atoms with Gasteiger partial charge in [0, 0.05) is 43.9 Å². The molecular formula is C24H31N3O2. The third kappa shape index (κ3) is 5.45. The Kier molecular flexibility index (Phi) is 6.38. The van der Waals surface area contributed by atoms with Crippen molar-refractivity contribution >= 4 is 11.8 Å². The number of piperazine rings is 1. The molecule has 1 aliphatic heterocycles. The van der Waals surface area contributed by atoms with Crippen molar-refractivity contribution in [3.8, 4) is 0 Å². The minimum atomic E-state index is -0.0944. The third-order valence-corrected chi connectivity index (χ3v) is 5.46. The lowest BCUT2D eigenvalue weighted by Gasteiger charge is -2.32. The number of benzene rings is 2. The van der Waals surface area contributed by atoms with Gasteiger partial charge in [0.05, 0.1) is 0 Å². The lowest BCUT2D eigenvalue weighted by Crippen LogP contribution is -2.47. The molecule has 3 rings (SSSR count). The Bertz CT molecular complexity index is 843. The Labute approximate surface area is 173 Å². The number of carbonyl (C=O) groups excluding carboxylic acids is 2. The van der Waals surface area contributed by atoms with Crippen molar-refractivity contribution in [1.82, 2.24) is 15.1 Å². The standard InChI is InChI=1S/C24H31N3O2/c1-24(2,3)21-11-9-19(10-12-21)22(28)25-17-18-5-7-20(8-6-18)23(29)27-15-13-26(4)14-16-27/h5-12H,13-17H2,1-4H3,(H,25,28). The average Bonchev–Trinajstić information content (AvgIpc) is 2.72. The zero-order chi connectivity index (χ0) is 21.0. The molecule has 1 N–H and O–H groups in total. The molecule has 0 atom stereocenters. The highest BCUT2D eigenvalue weighted by molar-refractivity contribution is 5.95. The number of carbonyl (C=O) groups is 2. The Balaban J connectivity index is 1.54. The molecule has 0 unspecified atom stereocenters. The molecule has 2 aromatic rings. The van der Waals surface area contributed by atoms with Gasteiger partial charge in [-0.15, -0.1) is 0 Å². The molecule has 1 aliphatic rings. The number of nitrogens with zero attached hydrogens (tertiary/aromatic N) is 2. The number of nitrogens with one attached hydrogen (secondary N) is 1. The zero-order valence-electron chi connectivity index (χ0n) is 17.9. The van der Waals surface area contributed by atoms with E-state index in [1.165, 1.54) is 5.56 Å². The van der Waals surface area contributed by atoms with Gasteiger partial charge in [-0.1, -0.05) is 45.0 Å². The molecule has 1 heterocycles. The van der Waals surface area contributed by atoms with Gasteiger partial charge in [-0.25, -0.2) is 0 Å². The topological polar surface area (TPSA) is 52.6 Å². The van der Waals surface area contributed by atoms with E-state index in [4.69, 9.17) is 0 Å². The summed E-state index contributed by atoms with van der Waals surface area (Å²) in [5, 5.41) is 2.95. The van der Waals surface area contributed by atoms with Crippen molar-refractivity contribution in [2.45, 2.75) is 32.7 Å². The molecule has 0 spiro atoms. The molecule has 29 heavy (non-hydrogen) atoms. The highest BCUT2D eigenvalue weighted by atomic mass is 16.2. The van der Waals surface area contributed by atoms with Crippen LogP contribution in [0.3, 0.4) is 0 Å². The van der Waals surface area contributed by atoms with E-state index in [9.17, 15) is 9.59 Å². The van der Waals surface area contributed by atoms with E-state index >= 15 is 0 Å². The molecule has 1 saturated heterocycles. The molecule has 0 radical (unpaired) electrons. The van der Waals surface area contributed by atoms with Gasteiger partial charge in [0.15, 0.2) is 0 Å². The monoisotopic (exact) mass is 393 g/mol. The summed E-state index contributed by atoms with van der Waals surface area (Å²) in [6, 6.07) is 15.3. The second kappa shape index (κ2) is 8.78. The minimum Gasteiger partial charge on any atom is -0.348 e. The summed E-state index contributed by atoms with van der Waals surface area (Å²) in [4.78, 5) is 29.1. The maximum absolute atomic E-state index is 12.6. The van der Waals surface area contributed by atoms with Crippen LogP contribution in [-0.2, 0) is 12.0 Å². The lowest BCUT2D eigenvalue weighted by atomic mass is 9.87. The van der Waals surface area contributed by atoms with Gasteiger partial charge in [-0.2, -0.15) is 0 Å². The van der Waals surface area contributed by atoms with Crippen LogP contribution >= 0.6 is 0 Å². The normalized spacial score (nSPS) is 15.2. The molecule has 0 aromatic heterocycles. The molecule has 0 aliphatic carbocycles. The third-order valence-electron chi connectivity index (χ3n) is 5.46. The van der Waals surface area contributed by atoms with Crippen LogP contribution in [-0.4, -0.2) is 54.8 Å². The van der Waals surface area contributed by atoms with Crippen LogP contribution < -0.4 is 5.32 Å². The van der Waals surface area contributed by atoms with E-state index in [-0.39, 0.29) is 17.2 Å². The van der Waals surface area contributed by atoms with E-state index in [0.717, 1.165) is 31.7 Å². The van der Waals surface area contributed by atoms with Crippen LogP contribution in [0.4, 0.5) is 0 Å². The molecule has 2 aromatic carbocycles. The van der Waals surface area contributed by atoms with Gasteiger partial charge in [-0.05, 0) is 47.9 Å². The summed E-state index contributed by atoms with van der Waals surface area (Å²) in [5.41, 5.74) is 3.59. The molecule has 0 bridgehead atoms. The molecule has 0 saturated carbocycles. The van der Waals surface area contributed by atoms with Crippen LogP contribution in [0.2, 0.25) is 0 Å². The second-order valence-electron chi connectivity index (χ2n) is 8.80. The van der Waals surface area contributed by atoms with Crippen molar-refractivity contribution in [1.29, 1.82) is 0 Å². The number of hydrogen-bond donors (Lipinski definition) is 1. The number of likely N-dealkylation sites (N-methyl/N-ethyl adjacent to an activating group) is 1. The average molecular weight is 394 g/mol. The summed E-state index contributed by atoms with van der Waals surface area (Å²) >= 11 is 0. The molecule has 154 valence electrons. The van der Waals surface area contributed by atoms with Gasteiger partial charge in [-0.3, -0.25) is 9.59 Å². The highest BCUT2D eigenvalue weighted by Crippen LogP contribution is 2.22. The minimum absolute atomic E-state index is 0.0678. The van der Waals surface area contributed by atoms with E-state index in [0.29, 0.717) is 17.7 Å². The Morgan fingerprint density at radius 3 is 1.97 bits per heavy atom. The van der Waals surface area contributed by atoms with E-state index < -0.39 is 0 Å². The van der Waals surface area contributed by atoms with Crippen LogP contribution in [0.25, 0.3) is 0 Å². The predicted octanol–water partition coefficient (Wildman–Crippen LogP) is 3.30. The summed E-state index contributed by atoms with van der Waals surface area (Å²) in [5.74, 6) is -0.0179. The van der Waals surface area contributed by atoms with Crippen molar-refractivity contribution in [2.24, 2.45) is 0 Å². The van der Waals surface area contributed by atoms with Gasteiger partial charge in [0.2, 0.25) is 0 Å². The smallest absolute Gasteiger partial charge is 0.253 e. The summed E-state index contributed by atoms with van der Waals surface area (Å²) in [6.07, 6.45) is 0. The SMILES string of the molecule is CN1CCN(C(=O)c2ccc(CNC(=O)c3ccc(C(C)(C)C)cc3)cc2)CC1. The molecular weight excluding hydrogens is 362 g/mol.